The van der Waals surface area contributed by atoms with Crippen LogP contribution in [0.25, 0.3) is 0 Å². The summed E-state index contributed by atoms with van der Waals surface area (Å²) in [6.45, 7) is 2.48. The first-order valence-corrected chi connectivity index (χ1v) is 5.42. The van der Waals surface area contributed by atoms with Crippen molar-refractivity contribution in [3.63, 3.8) is 0 Å². The minimum Gasteiger partial charge on any atom is -0.368 e. The smallest absolute Gasteiger partial charge is 0.235 e. The maximum atomic E-state index is 10.7. The Morgan fingerprint density at radius 3 is 2.56 bits per heavy atom. The van der Waals surface area contributed by atoms with Gasteiger partial charge in [0.2, 0.25) is 5.91 Å². The Hall–Kier alpha value is -1.39. The van der Waals surface area contributed by atoms with Crippen molar-refractivity contribution >= 4 is 5.91 Å². The molecule has 0 radical (unpaired) electrons. The van der Waals surface area contributed by atoms with E-state index in [1.807, 2.05) is 18.2 Å². The standard InChI is InChI=1S/C12H19N3O/c1-9(15-8-11(13)12(14)16)7-10-5-3-2-4-6-10/h2-6,9,11,15H,7-8,13H2,1H3,(H2,14,16). The highest BCUT2D eigenvalue weighted by Crippen LogP contribution is 2.02. The number of carbonyl (C=O) groups excluding carboxylic acids is 1. The summed E-state index contributed by atoms with van der Waals surface area (Å²) in [4.78, 5) is 10.7. The van der Waals surface area contributed by atoms with E-state index in [9.17, 15) is 4.79 Å². The topological polar surface area (TPSA) is 81.1 Å². The summed E-state index contributed by atoms with van der Waals surface area (Å²) in [6.07, 6.45) is 0.909. The Balaban J connectivity index is 2.31. The van der Waals surface area contributed by atoms with Gasteiger partial charge in [0.15, 0.2) is 0 Å². The summed E-state index contributed by atoms with van der Waals surface area (Å²) in [5.74, 6) is -0.473. The summed E-state index contributed by atoms with van der Waals surface area (Å²) in [5.41, 5.74) is 11.9. The molecule has 0 aliphatic carbocycles. The molecule has 0 heterocycles. The number of nitrogens with one attached hydrogen (secondary N) is 1. The first kappa shape index (κ1) is 12.7. The van der Waals surface area contributed by atoms with E-state index in [2.05, 4.69) is 24.4 Å². The molecule has 1 aromatic rings. The molecule has 4 nitrogen and oxygen atoms in total. The van der Waals surface area contributed by atoms with E-state index >= 15 is 0 Å². The van der Waals surface area contributed by atoms with Crippen LogP contribution in [0.2, 0.25) is 0 Å². The molecular formula is C12H19N3O. The van der Waals surface area contributed by atoms with Crippen molar-refractivity contribution in [3.05, 3.63) is 35.9 Å². The lowest BCUT2D eigenvalue weighted by Gasteiger charge is -2.16. The van der Waals surface area contributed by atoms with Crippen LogP contribution in [0.1, 0.15) is 12.5 Å². The number of benzene rings is 1. The molecule has 0 bridgehead atoms. The van der Waals surface area contributed by atoms with Gasteiger partial charge in [0.1, 0.15) is 0 Å². The fourth-order valence-corrected chi connectivity index (χ4v) is 1.47. The Morgan fingerprint density at radius 2 is 2.00 bits per heavy atom. The second-order valence-corrected chi connectivity index (χ2v) is 4.01. The van der Waals surface area contributed by atoms with Crippen LogP contribution >= 0.6 is 0 Å². The Bertz CT molecular complexity index is 326. The van der Waals surface area contributed by atoms with Crippen LogP contribution in [0.4, 0.5) is 0 Å². The molecule has 1 rings (SSSR count). The third-order valence-corrected chi connectivity index (χ3v) is 2.44. The molecule has 1 amide bonds. The third kappa shape index (κ3) is 4.42. The van der Waals surface area contributed by atoms with Gasteiger partial charge in [-0.15, -0.1) is 0 Å². The minimum atomic E-state index is -0.613. The number of carbonyl (C=O) groups is 1. The fourth-order valence-electron chi connectivity index (χ4n) is 1.47. The summed E-state index contributed by atoms with van der Waals surface area (Å²) in [7, 11) is 0. The number of primary amides is 1. The molecule has 0 aromatic heterocycles. The molecule has 0 spiro atoms. The van der Waals surface area contributed by atoms with Crippen molar-refractivity contribution in [2.75, 3.05) is 6.54 Å². The van der Waals surface area contributed by atoms with Crippen LogP contribution in [0.3, 0.4) is 0 Å². The minimum absolute atomic E-state index is 0.271. The van der Waals surface area contributed by atoms with E-state index in [0.717, 1.165) is 6.42 Å². The fraction of sp³-hybridized carbons (Fsp3) is 0.417. The number of nitrogens with two attached hydrogens (primary N) is 2. The molecule has 0 aliphatic heterocycles. The molecule has 2 atom stereocenters. The second-order valence-electron chi connectivity index (χ2n) is 4.01. The number of hydrogen-bond acceptors (Lipinski definition) is 3. The monoisotopic (exact) mass is 221 g/mol. The van der Waals surface area contributed by atoms with Gasteiger partial charge < -0.3 is 16.8 Å². The highest BCUT2D eigenvalue weighted by atomic mass is 16.1. The Labute approximate surface area is 96.0 Å². The van der Waals surface area contributed by atoms with E-state index in [1.54, 1.807) is 0 Å². The summed E-state index contributed by atoms with van der Waals surface area (Å²) in [6, 6.07) is 9.82. The van der Waals surface area contributed by atoms with Gasteiger partial charge in [0, 0.05) is 12.6 Å². The summed E-state index contributed by atoms with van der Waals surface area (Å²) < 4.78 is 0. The zero-order valence-electron chi connectivity index (χ0n) is 9.52. The molecular weight excluding hydrogens is 202 g/mol. The molecule has 0 aliphatic rings. The summed E-state index contributed by atoms with van der Waals surface area (Å²) in [5, 5.41) is 3.19. The van der Waals surface area contributed by atoms with Crippen LogP contribution in [0.5, 0.6) is 0 Å². The Kier molecular flexibility index (Phi) is 4.95. The quantitative estimate of drug-likeness (QED) is 0.633. The number of hydrogen-bond donors (Lipinski definition) is 3. The maximum absolute atomic E-state index is 10.7. The largest absolute Gasteiger partial charge is 0.368 e. The van der Waals surface area contributed by atoms with Crippen molar-refractivity contribution in [2.45, 2.75) is 25.4 Å². The molecule has 4 heteroatoms. The van der Waals surface area contributed by atoms with Gasteiger partial charge in [-0.1, -0.05) is 30.3 Å². The van der Waals surface area contributed by atoms with E-state index in [1.165, 1.54) is 5.56 Å². The lowest BCUT2D eigenvalue weighted by atomic mass is 10.1. The number of rotatable bonds is 6. The lowest BCUT2D eigenvalue weighted by Crippen LogP contribution is -2.46. The SMILES string of the molecule is CC(Cc1ccccc1)NCC(N)C(N)=O. The van der Waals surface area contributed by atoms with E-state index < -0.39 is 11.9 Å². The van der Waals surface area contributed by atoms with Crippen LogP contribution in [-0.4, -0.2) is 24.5 Å². The Morgan fingerprint density at radius 1 is 1.38 bits per heavy atom. The zero-order valence-corrected chi connectivity index (χ0v) is 9.52. The first-order chi connectivity index (χ1) is 7.59. The predicted octanol–water partition coefficient (Wildman–Crippen LogP) is 0.0198. The molecule has 0 fully saturated rings. The normalized spacial score (nSPS) is 14.4. The van der Waals surface area contributed by atoms with Gasteiger partial charge in [0.05, 0.1) is 6.04 Å². The third-order valence-electron chi connectivity index (χ3n) is 2.44. The van der Waals surface area contributed by atoms with Gasteiger partial charge in [-0.25, -0.2) is 0 Å². The van der Waals surface area contributed by atoms with Crippen LogP contribution in [-0.2, 0) is 11.2 Å². The molecule has 0 saturated carbocycles. The van der Waals surface area contributed by atoms with Gasteiger partial charge in [-0.3, -0.25) is 4.79 Å². The van der Waals surface area contributed by atoms with Crippen molar-refractivity contribution in [3.8, 4) is 0 Å². The molecule has 16 heavy (non-hydrogen) atoms. The van der Waals surface area contributed by atoms with E-state index in [-0.39, 0.29) is 6.04 Å². The molecule has 5 N–H and O–H groups in total. The zero-order chi connectivity index (χ0) is 12.0. The van der Waals surface area contributed by atoms with Crippen LogP contribution in [0, 0.1) is 0 Å². The van der Waals surface area contributed by atoms with Crippen molar-refractivity contribution < 1.29 is 4.79 Å². The van der Waals surface area contributed by atoms with Gasteiger partial charge in [-0.2, -0.15) is 0 Å². The lowest BCUT2D eigenvalue weighted by molar-refractivity contribution is -0.119. The molecule has 88 valence electrons. The predicted molar refractivity (Wildman–Crippen MR) is 64.8 cm³/mol. The van der Waals surface area contributed by atoms with Crippen LogP contribution < -0.4 is 16.8 Å². The summed E-state index contributed by atoms with van der Waals surface area (Å²) >= 11 is 0. The van der Waals surface area contributed by atoms with E-state index in [0.29, 0.717) is 6.54 Å². The highest BCUT2D eigenvalue weighted by Gasteiger charge is 2.10. The average Bonchev–Trinajstić information content (AvgIpc) is 2.27. The van der Waals surface area contributed by atoms with Crippen molar-refractivity contribution in [1.29, 1.82) is 0 Å². The average molecular weight is 221 g/mol. The van der Waals surface area contributed by atoms with Gasteiger partial charge >= 0.3 is 0 Å². The molecule has 1 aromatic carbocycles. The van der Waals surface area contributed by atoms with Crippen molar-refractivity contribution in [2.24, 2.45) is 11.5 Å². The van der Waals surface area contributed by atoms with Crippen LogP contribution in [0.15, 0.2) is 30.3 Å². The first-order valence-electron chi connectivity index (χ1n) is 5.42. The van der Waals surface area contributed by atoms with E-state index in [4.69, 9.17) is 11.5 Å². The van der Waals surface area contributed by atoms with Gasteiger partial charge in [-0.05, 0) is 18.9 Å². The highest BCUT2D eigenvalue weighted by molar-refractivity contribution is 5.79. The van der Waals surface area contributed by atoms with Gasteiger partial charge in [0.25, 0.3) is 0 Å². The van der Waals surface area contributed by atoms with Crippen molar-refractivity contribution in [1.82, 2.24) is 5.32 Å². The second kappa shape index (κ2) is 6.25. The molecule has 0 saturated heterocycles. The molecule has 2 unspecified atom stereocenters. The maximum Gasteiger partial charge on any atom is 0.235 e. The number of amides is 1.